The molecule has 0 heterocycles. The second-order valence-electron chi connectivity index (χ2n) is 6.06. The Hall–Kier alpha value is -2.31. The van der Waals surface area contributed by atoms with Crippen molar-refractivity contribution in [3.63, 3.8) is 0 Å². The van der Waals surface area contributed by atoms with Gasteiger partial charge in [0.15, 0.2) is 5.11 Å². The zero-order chi connectivity index (χ0) is 19.6. The van der Waals surface area contributed by atoms with Gasteiger partial charge in [0.25, 0.3) is 0 Å². The van der Waals surface area contributed by atoms with E-state index in [0.717, 1.165) is 12.1 Å². The number of anilines is 1. The highest BCUT2D eigenvalue weighted by atomic mass is 35.5. The molecule has 0 atom stereocenters. The van der Waals surface area contributed by atoms with Gasteiger partial charge in [-0.25, -0.2) is 0 Å². The maximum atomic E-state index is 12.1. The number of benzene rings is 2. The van der Waals surface area contributed by atoms with Gasteiger partial charge in [0.1, 0.15) is 5.75 Å². The van der Waals surface area contributed by atoms with Crippen molar-refractivity contribution >= 4 is 40.5 Å². The number of hydrogen-bond donors (Lipinski definition) is 3. The van der Waals surface area contributed by atoms with Crippen molar-refractivity contribution in [2.75, 3.05) is 12.4 Å². The monoisotopic (exact) mass is 405 g/mol. The van der Waals surface area contributed by atoms with E-state index in [9.17, 15) is 4.79 Å². The van der Waals surface area contributed by atoms with Gasteiger partial charge in [-0.2, -0.15) is 0 Å². The molecule has 0 aromatic heterocycles. The molecule has 0 aliphatic rings. The molecule has 0 fully saturated rings. The van der Waals surface area contributed by atoms with Crippen molar-refractivity contribution in [2.45, 2.75) is 32.6 Å². The number of nitrogens with one attached hydrogen (secondary N) is 3. The summed E-state index contributed by atoms with van der Waals surface area (Å²) in [6, 6.07) is 13.2. The molecular formula is C20H24ClN3O2S. The number of ether oxygens (including phenoxy) is 1. The van der Waals surface area contributed by atoms with Crippen LogP contribution in [0.15, 0.2) is 42.5 Å². The van der Waals surface area contributed by atoms with E-state index in [1.165, 1.54) is 18.4 Å². The second kappa shape index (κ2) is 10.7. The maximum Gasteiger partial charge on any atom is 0.242 e. The van der Waals surface area contributed by atoms with Crippen LogP contribution in [0.25, 0.3) is 0 Å². The predicted octanol–water partition coefficient (Wildman–Crippen LogP) is 4.25. The molecule has 0 aliphatic heterocycles. The van der Waals surface area contributed by atoms with Crippen LogP contribution in [0.3, 0.4) is 0 Å². The molecule has 2 aromatic rings. The number of rotatable bonds is 7. The molecule has 5 nitrogen and oxygen atoms in total. The van der Waals surface area contributed by atoms with E-state index in [1.807, 2.05) is 12.1 Å². The lowest BCUT2D eigenvalue weighted by atomic mass is 10.1. The molecular weight excluding hydrogens is 382 g/mol. The van der Waals surface area contributed by atoms with E-state index in [-0.39, 0.29) is 12.3 Å². The van der Waals surface area contributed by atoms with Gasteiger partial charge >= 0.3 is 0 Å². The van der Waals surface area contributed by atoms with E-state index in [0.29, 0.717) is 21.4 Å². The summed E-state index contributed by atoms with van der Waals surface area (Å²) in [5, 5.41) is 3.89. The van der Waals surface area contributed by atoms with Gasteiger partial charge in [-0.1, -0.05) is 37.1 Å². The first-order valence-electron chi connectivity index (χ1n) is 8.79. The Kier molecular flexibility index (Phi) is 8.36. The predicted molar refractivity (Wildman–Crippen MR) is 114 cm³/mol. The lowest BCUT2D eigenvalue weighted by molar-refractivity contribution is -0.121. The number of hydrazine groups is 1. The van der Waals surface area contributed by atoms with E-state index < -0.39 is 0 Å². The normalized spacial score (nSPS) is 10.2. The Morgan fingerprint density at radius 1 is 1.15 bits per heavy atom. The van der Waals surface area contributed by atoms with E-state index in [1.54, 1.807) is 25.3 Å². The molecule has 0 saturated carbocycles. The van der Waals surface area contributed by atoms with Crippen molar-refractivity contribution in [3.05, 3.63) is 58.6 Å². The Morgan fingerprint density at radius 2 is 1.89 bits per heavy atom. The summed E-state index contributed by atoms with van der Waals surface area (Å²) in [7, 11) is 1.55. The molecule has 0 aliphatic carbocycles. The molecule has 0 saturated heterocycles. The lowest BCUT2D eigenvalue weighted by Gasteiger charge is -2.13. The van der Waals surface area contributed by atoms with Crippen LogP contribution in [0.5, 0.6) is 5.75 Å². The molecule has 0 bridgehead atoms. The Balaban J connectivity index is 1.81. The molecule has 2 rings (SSSR count). The SMILES string of the molecule is CCCCc1ccc(NC(=S)NNC(=O)Cc2cc(Cl)ccc2OC)cc1. The summed E-state index contributed by atoms with van der Waals surface area (Å²) in [5.41, 5.74) is 8.13. The second-order valence-corrected chi connectivity index (χ2v) is 6.91. The highest BCUT2D eigenvalue weighted by molar-refractivity contribution is 7.80. The zero-order valence-corrected chi connectivity index (χ0v) is 17.0. The van der Waals surface area contributed by atoms with Crippen molar-refractivity contribution in [1.82, 2.24) is 10.9 Å². The Bertz CT molecular complexity index is 781. The summed E-state index contributed by atoms with van der Waals surface area (Å²) in [4.78, 5) is 12.1. The van der Waals surface area contributed by atoms with Gasteiger partial charge in [-0.15, -0.1) is 0 Å². The third kappa shape index (κ3) is 7.07. The molecule has 1 amide bonds. The molecule has 144 valence electrons. The molecule has 27 heavy (non-hydrogen) atoms. The standard InChI is InChI=1S/C20H24ClN3O2S/c1-3-4-5-14-6-9-17(10-7-14)22-20(27)24-23-19(25)13-15-12-16(21)8-11-18(15)26-2/h6-12H,3-5,13H2,1-2H3,(H,23,25)(H2,22,24,27). The number of amides is 1. The largest absolute Gasteiger partial charge is 0.496 e. The van der Waals surface area contributed by atoms with Crippen LogP contribution >= 0.6 is 23.8 Å². The minimum absolute atomic E-state index is 0.117. The van der Waals surface area contributed by atoms with Crippen molar-refractivity contribution < 1.29 is 9.53 Å². The fourth-order valence-electron chi connectivity index (χ4n) is 2.53. The van der Waals surface area contributed by atoms with Gasteiger partial charge in [-0.05, 0) is 61.0 Å². The number of methoxy groups -OCH3 is 1. The Morgan fingerprint density at radius 3 is 2.56 bits per heavy atom. The van der Waals surface area contributed by atoms with E-state index in [2.05, 4.69) is 35.2 Å². The quantitative estimate of drug-likeness (QED) is 0.474. The number of hydrogen-bond acceptors (Lipinski definition) is 3. The van der Waals surface area contributed by atoms with Crippen molar-refractivity contribution in [1.29, 1.82) is 0 Å². The van der Waals surface area contributed by atoms with E-state index >= 15 is 0 Å². The van der Waals surface area contributed by atoms with Crippen LogP contribution in [0.2, 0.25) is 5.02 Å². The highest BCUT2D eigenvalue weighted by Gasteiger charge is 2.10. The molecule has 0 unspecified atom stereocenters. The number of unbranched alkanes of at least 4 members (excludes halogenated alkanes) is 1. The summed E-state index contributed by atoms with van der Waals surface area (Å²) in [5.74, 6) is 0.355. The highest BCUT2D eigenvalue weighted by Crippen LogP contribution is 2.22. The van der Waals surface area contributed by atoms with Crippen molar-refractivity contribution in [3.8, 4) is 5.75 Å². The molecule has 0 spiro atoms. The first kappa shape index (κ1) is 21.0. The average molecular weight is 406 g/mol. The number of thiocarbonyl (C=S) groups is 1. The molecule has 2 aromatic carbocycles. The van der Waals surface area contributed by atoms with Crippen LogP contribution in [0.4, 0.5) is 5.69 Å². The summed E-state index contributed by atoms with van der Waals surface area (Å²) in [6.07, 6.45) is 3.54. The average Bonchev–Trinajstić information content (AvgIpc) is 2.66. The smallest absolute Gasteiger partial charge is 0.242 e. The van der Waals surface area contributed by atoms with Crippen LogP contribution in [0.1, 0.15) is 30.9 Å². The number of carbonyl (C=O) groups is 1. The summed E-state index contributed by atoms with van der Waals surface area (Å²) < 4.78 is 5.24. The zero-order valence-electron chi connectivity index (χ0n) is 15.5. The first-order chi connectivity index (χ1) is 13.0. The summed E-state index contributed by atoms with van der Waals surface area (Å²) in [6.45, 7) is 2.18. The van der Waals surface area contributed by atoms with Crippen LogP contribution in [-0.4, -0.2) is 18.1 Å². The van der Waals surface area contributed by atoms with E-state index in [4.69, 9.17) is 28.6 Å². The molecule has 3 N–H and O–H groups in total. The molecule has 7 heteroatoms. The van der Waals surface area contributed by atoms with Crippen LogP contribution in [0, 0.1) is 0 Å². The third-order valence-electron chi connectivity index (χ3n) is 3.94. The number of carbonyl (C=O) groups excluding carboxylic acids is 1. The molecule has 0 radical (unpaired) electrons. The number of aryl methyl sites for hydroxylation is 1. The first-order valence-corrected chi connectivity index (χ1v) is 9.57. The fourth-order valence-corrected chi connectivity index (χ4v) is 2.89. The number of halogens is 1. The van der Waals surface area contributed by atoms with Gasteiger partial charge in [-0.3, -0.25) is 15.6 Å². The summed E-state index contributed by atoms with van der Waals surface area (Å²) >= 11 is 11.2. The fraction of sp³-hybridized carbons (Fsp3) is 0.300. The van der Waals surface area contributed by atoms with Gasteiger partial charge in [0.2, 0.25) is 5.91 Å². The lowest BCUT2D eigenvalue weighted by Crippen LogP contribution is -2.44. The van der Waals surface area contributed by atoms with Crippen LogP contribution in [-0.2, 0) is 17.6 Å². The Labute approximate surface area is 170 Å². The maximum absolute atomic E-state index is 12.1. The van der Waals surface area contributed by atoms with Gasteiger partial charge < -0.3 is 10.1 Å². The van der Waals surface area contributed by atoms with Gasteiger partial charge in [0, 0.05) is 16.3 Å². The van der Waals surface area contributed by atoms with Crippen molar-refractivity contribution in [2.24, 2.45) is 0 Å². The minimum atomic E-state index is -0.255. The third-order valence-corrected chi connectivity index (χ3v) is 4.38. The van der Waals surface area contributed by atoms with Crippen LogP contribution < -0.4 is 20.9 Å². The minimum Gasteiger partial charge on any atom is -0.496 e. The topological polar surface area (TPSA) is 62.4 Å². The van der Waals surface area contributed by atoms with Gasteiger partial charge in [0.05, 0.1) is 13.5 Å².